The number of nitrogens with zero attached hydrogens (tertiary/aromatic N) is 2. The molecule has 6 nitrogen and oxygen atoms in total. The number of sulfonamides is 1. The smallest absolute Gasteiger partial charge is 0.243 e. The van der Waals surface area contributed by atoms with E-state index in [4.69, 9.17) is 0 Å². The third-order valence-corrected chi connectivity index (χ3v) is 6.72. The first kappa shape index (κ1) is 19.4. The van der Waals surface area contributed by atoms with Crippen LogP contribution < -0.4 is 10.2 Å². The number of hydrogen-bond acceptors (Lipinski definition) is 4. The van der Waals surface area contributed by atoms with Gasteiger partial charge in [0.15, 0.2) is 0 Å². The van der Waals surface area contributed by atoms with Crippen molar-refractivity contribution in [2.45, 2.75) is 25.7 Å². The molecule has 7 heteroatoms. The van der Waals surface area contributed by atoms with E-state index in [1.807, 2.05) is 6.07 Å². The van der Waals surface area contributed by atoms with Crippen LogP contribution >= 0.6 is 0 Å². The van der Waals surface area contributed by atoms with Gasteiger partial charge in [-0.05, 0) is 49.2 Å². The SMILES string of the molecule is CC(=O)Nc1ccc(S(=O)(=O)N2CCN(c3c(C)cccc3C)CC2)cc1. The van der Waals surface area contributed by atoms with Crippen LogP contribution in [0.5, 0.6) is 0 Å². The Kier molecular flexibility index (Phi) is 5.53. The minimum absolute atomic E-state index is 0.187. The van der Waals surface area contributed by atoms with Crippen molar-refractivity contribution in [2.24, 2.45) is 0 Å². The van der Waals surface area contributed by atoms with Gasteiger partial charge in [-0.3, -0.25) is 4.79 Å². The van der Waals surface area contributed by atoms with Gasteiger partial charge in [0.2, 0.25) is 15.9 Å². The van der Waals surface area contributed by atoms with Crippen LogP contribution in [-0.4, -0.2) is 44.8 Å². The number of carbonyl (C=O) groups excluding carboxylic acids is 1. The maximum atomic E-state index is 12.9. The fraction of sp³-hybridized carbons (Fsp3) is 0.350. The minimum Gasteiger partial charge on any atom is -0.368 e. The zero-order valence-corrected chi connectivity index (χ0v) is 16.7. The largest absolute Gasteiger partial charge is 0.368 e. The van der Waals surface area contributed by atoms with Crippen LogP contribution in [-0.2, 0) is 14.8 Å². The Morgan fingerprint density at radius 1 is 0.926 bits per heavy atom. The highest BCUT2D eigenvalue weighted by atomic mass is 32.2. The molecule has 1 aliphatic heterocycles. The van der Waals surface area contributed by atoms with Crippen LogP contribution in [0.15, 0.2) is 47.4 Å². The highest BCUT2D eigenvalue weighted by molar-refractivity contribution is 7.89. The van der Waals surface area contributed by atoms with E-state index in [0.717, 1.165) is 0 Å². The Labute approximate surface area is 160 Å². The summed E-state index contributed by atoms with van der Waals surface area (Å²) in [4.78, 5) is 13.6. The number of amides is 1. The molecule has 0 aliphatic carbocycles. The molecule has 0 spiro atoms. The summed E-state index contributed by atoms with van der Waals surface area (Å²) >= 11 is 0. The lowest BCUT2D eigenvalue weighted by Crippen LogP contribution is -2.49. The number of carbonyl (C=O) groups is 1. The number of nitrogens with one attached hydrogen (secondary N) is 1. The normalized spacial score (nSPS) is 15.6. The van der Waals surface area contributed by atoms with E-state index in [-0.39, 0.29) is 10.8 Å². The molecule has 1 aliphatic rings. The van der Waals surface area contributed by atoms with Gasteiger partial charge >= 0.3 is 0 Å². The Morgan fingerprint density at radius 3 is 2.00 bits per heavy atom. The molecule has 2 aromatic carbocycles. The maximum Gasteiger partial charge on any atom is 0.243 e. The molecule has 0 atom stereocenters. The molecule has 0 bridgehead atoms. The second-order valence-corrected chi connectivity index (χ2v) is 8.78. The molecule has 1 amide bonds. The second-order valence-electron chi connectivity index (χ2n) is 6.84. The van der Waals surface area contributed by atoms with Gasteiger partial charge in [-0.1, -0.05) is 18.2 Å². The summed E-state index contributed by atoms with van der Waals surface area (Å²) in [5, 5.41) is 2.64. The first-order chi connectivity index (χ1) is 12.8. The molecule has 0 aromatic heterocycles. The van der Waals surface area contributed by atoms with E-state index < -0.39 is 10.0 Å². The predicted octanol–water partition coefficient (Wildman–Crippen LogP) is 2.77. The lowest BCUT2D eigenvalue weighted by molar-refractivity contribution is -0.114. The molecular weight excluding hydrogens is 362 g/mol. The molecule has 0 unspecified atom stereocenters. The van der Waals surface area contributed by atoms with Crippen molar-refractivity contribution in [3.05, 3.63) is 53.6 Å². The van der Waals surface area contributed by atoms with Gasteiger partial charge in [-0.2, -0.15) is 4.31 Å². The zero-order chi connectivity index (χ0) is 19.6. The fourth-order valence-corrected chi connectivity index (χ4v) is 4.94. The van der Waals surface area contributed by atoms with E-state index in [9.17, 15) is 13.2 Å². The number of benzene rings is 2. The molecular formula is C20H25N3O3S. The van der Waals surface area contributed by atoms with Crippen molar-refractivity contribution in [2.75, 3.05) is 36.4 Å². The van der Waals surface area contributed by atoms with Crippen LogP contribution in [0.3, 0.4) is 0 Å². The maximum absolute atomic E-state index is 12.9. The van der Waals surface area contributed by atoms with Crippen LogP contribution in [0.1, 0.15) is 18.1 Å². The molecule has 144 valence electrons. The summed E-state index contributed by atoms with van der Waals surface area (Å²) < 4.78 is 27.4. The number of aryl methyl sites for hydroxylation is 2. The Hall–Kier alpha value is -2.38. The first-order valence-corrected chi connectivity index (χ1v) is 10.4. The van der Waals surface area contributed by atoms with Crippen LogP contribution in [0, 0.1) is 13.8 Å². The quantitative estimate of drug-likeness (QED) is 0.876. The van der Waals surface area contributed by atoms with E-state index >= 15 is 0 Å². The summed E-state index contributed by atoms with van der Waals surface area (Å²) in [6, 6.07) is 12.5. The first-order valence-electron chi connectivity index (χ1n) is 8.98. The zero-order valence-electron chi connectivity index (χ0n) is 15.9. The van der Waals surface area contributed by atoms with Crippen molar-refractivity contribution in [1.29, 1.82) is 0 Å². The highest BCUT2D eigenvalue weighted by Crippen LogP contribution is 2.27. The van der Waals surface area contributed by atoms with Gasteiger partial charge in [0.1, 0.15) is 0 Å². The van der Waals surface area contributed by atoms with Gasteiger partial charge < -0.3 is 10.2 Å². The second kappa shape index (κ2) is 7.70. The number of rotatable bonds is 4. The lowest BCUT2D eigenvalue weighted by atomic mass is 10.1. The van der Waals surface area contributed by atoms with E-state index in [2.05, 4.69) is 36.2 Å². The summed E-state index contributed by atoms with van der Waals surface area (Å²) in [5.74, 6) is -0.187. The van der Waals surface area contributed by atoms with Gasteiger partial charge in [0.25, 0.3) is 0 Å². The van der Waals surface area contributed by atoms with E-state index in [1.54, 1.807) is 24.3 Å². The number of anilines is 2. The van der Waals surface area contributed by atoms with Gasteiger partial charge in [0, 0.05) is 44.5 Å². The molecule has 0 radical (unpaired) electrons. The third-order valence-electron chi connectivity index (χ3n) is 4.81. The number of para-hydroxylation sites is 1. The van der Waals surface area contributed by atoms with Gasteiger partial charge in [-0.25, -0.2) is 8.42 Å². The monoisotopic (exact) mass is 387 g/mol. The van der Waals surface area contributed by atoms with Crippen molar-refractivity contribution in [3.8, 4) is 0 Å². The molecule has 27 heavy (non-hydrogen) atoms. The molecule has 1 N–H and O–H groups in total. The van der Waals surface area contributed by atoms with Crippen molar-refractivity contribution in [3.63, 3.8) is 0 Å². The average Bonchev–Trinajstić information content (AvgIpc) is 2.62. The van der Waals surface area contributed by atoms with E-state index in [0.29, 0.717) is 31.9 Å². The minimum atomic E-state index is -3.54. The summed E-state index contributed by atoms with van der Waals surface area (Å²) in [6.45, 7) is 7.81. The Morgan fingerprint density at radius 2 is 1.48 bits per heavy atom. The Balaban J connectivity index is 1.72. The van der Waals surface area contributed by atoms with Crippen molar-refractivity contribution >= 4 is 27.3 Å². The fourth-order valence-electron chi connectivity index (χ4n) is 3.52. The van der Waals surface area contributed by atoms with Crippen LogP contribution in [0.4, 0.5) is 11.4 Å². The Bertz CT molecular complexity index is 911. The summed E-state index contributed by atoms with van der Waals surface area (Å²) in [7, 11) is -3.54. The van der Waals surface area contributed by atoms with E-state index in [1.165, 1.54) is 28.0 Å². The van der Waals surface area contributed by atoms with Gasteiger partial charge in [-0.15, -0.1) is 0 Å². The summed E-state index contributed by atoms with van der Waals surface area (Å²) in [6.07, 6.45) is 0. The number of piperazine rings is 1. The molecule has 1 saturated heterocycles. The summed E-state index contributed by atoms with van der Waals surface area (Å²) in [5.41, 5.74) is 4.20. The molecule has 1 fully saturated rings. The van der Waals surface area contributed by atoms with Crippen LogP contribution in [0.2, 0.25) is 0 Å². The van der Waals surface area contributed by atoms with Crippen molar-refractivity contribution in [1.82, 2.24) is 4.31 Å². The average molecular weight is 388 g/mol. The number of hydrogen-bond donors (Lipinski definition) is 1. The van der Waals surface area contributed by atoms with Gasteiger partial charge in [0.05, 0.1) is 4.90 Å². The molecule has 3 rings (SSSR count). The molecule has 0 saturated carbocycles. The topological polar surface area (TPSA) is 69.7 Å². The third kappa shape index (κ3) is 4.14. The standard InChI is InChI=1S/C20H25N3O3S/c1-15-5-4-6-16(2)20(15)22-11-13-23(14-12-22)27(25,26)19-9-7-18(8-10-19)21-17(3)24/h4-10H,11-14H2,1-3H3,(H,21,24). The van der Waals surface area contributed by atoms with Crippen molar-refractivity contribution < 1.29 is 13.2 Å². The highest BCUT2D eigenvalue weighted by Gasteiger charge is 2.29. The molecule has 2 aromatic rings. The van der Waals surface area contributed by atoms with Crippen LogP contribution in [0.25, 0.3) is 0 Å². The predicted molar refractivity (Wildman–Crippen MR) is 108 cm³/mol. The molecule has 1 heterocycles. The lowest BCUT2D eigenvalue weighted by Gasteiger charge is -2.36.